The topological polar surface area (TPSA) is 26.3 Å². The SMILES string of the molecule is O=C(OCCSCc1ccccc1)c1ccccc1. The summed E-state index contributed by atoms with van der Waals surface area (Å²) < 4.78 is 5.21. The lowest BCUT2D eigenvalue weighted by molar-refractivity contribution is 0.0530. The first kappa shape index (κ1) is 13.7. The highest BCUT2D eigenvalue weighted by Gasteiger charge is 2.04. The van der Waals surface area contributed by atoms with Gasteiger partial charge in [-0.2, -0.15) is 11.8 Å². The van der Waals surface area contributed by atoms with Gasteiger partial charge in [0, 0.05) is 11.5 Å². The predicted molar refractivity (Wildman–Crippen MR) is 79.3 cm³/mol. The van der Waals surface area contributed by atoms with E-state index >= 15 is 0 Å². The van der Waals surface area contributed by atoms with Gasteiger partial charge in [-0.25, -0.2) is 4.79 Å². The third-order valence-electron chi connectivity index (χ3n) is 2.58. The molecule has 0 fully saturated rings. The molecule has 0 aliphatic rings. The molecule has 3 heteroatoms. The van der Waals surface area contributed by atoms with E-state index in [1.165, 1.54) is 5.56 Å². The third-order valence-corrected chi connectivity index (χ3v) is 3.57. The van der Waals surface area contributed by atoms with Crippen molar-refractivity contribution in [3.8, 4) is 0 Å². The van der Waals surface area contributed by atoms with Crippen molar-refractivity contribution in [1.29, 1.82) is 0 Å². The van der Waals surface area contributed by atoms with E-state index in [2.05, 4.69) is 12.1 Å². The summed E-state index contributed by atoms with van der Waals surface area (Å²) in [6.07, 6.45) is 0. The quantitative estimate of drug-likeness (QED) is 0.591. The summed E-state index contributed by atoms with van der Waals surface area (Å²) in [7, 11) is 0. The maximum Gasteiger partial charge on any atom is 0.338 e. The van der Waals surface area contributed by atoms with Gasteiger partial charge in [0.25, 0.3) is 0 Å². The first-order valence-electron chi connectivity index (χ1n) is 6.20. The van der Waals surface area contributed by atoms with Gasteiger partial charge < -0.3 is 4.74 Å². The van der Waals surface area contributed by atoms with Gasteiger partial charge in [-0.15, -0.1) is 0 Å². The van der Waals surface area contributed by atoms with E-state index in [1.54, 1.807) is 23.9 Å². The second-order valence-corrected chi connectivity index (χ2v) is 5.15. The molecule has 2 aromatic carbocycles. The van der Waals surface area contributed by atoms with Crippen molar-refractivity contribution in [2.45, 2.75) is 5.75 Å². The predicted octanol–water partition coefficient (Wildman–Crippen LogP) is 3.78. The Labute approximate surface area is 117 Å². The van der Waals surface area contributed by atoms with Gasteiger partial charge in [0.2, 0.25) is 0 Å². The van der Waals surface area contributed by atoms with Crippen LogP contribution in [0.25, 0.3) is 0 Å². The Morgan fingerprint density at radius 1 is 0.947 bits per heavy atom. The van der Waals surface area contributed by atoms with E-state index in [0.717, 1.165) is 11.5 Å². The van der Waals surface area contributed by atoms with Crippen molar-refractivity contribution in [3.63, 3.8) is 0 Å². The molecule has 0 radical (unpaired) electrons. The van der Waals surface area contributed by atoms with Gasteiger partial charge in [-0.3, -0.25) is 0 Å². The van der Waals surface area contributed by atoms with E-state index in [-0.39, 0.29) is 5.97 Å². The highest BCUT2D eigenvalue weighted by molar-refractivity contribution is 7.98. The van der Waals surface area contributed by atoms with Crippen LogP contribution in [0.4, 0.5) is 0 Å². The summed E-state index contributed by atoms with van der Waals surface area (Å²) >= 11 is 1.77. The van der Waals surface area contributed by atoms with Gasteiger partial charge in [0.1, 0.15) is 6.61 Å². The number of hydrogen-bond donors (Lipinski definition) is 0. The molecule has 2 rings (SSSR count). The molecule has 0 N–H and O–H groups in total. The minimum absolute atomic E-state index is 0.249. The largest absolute Gasteiger partial charge is 0.461 e. The number of esters is 1. The van der Waals surface area contributed by atoms with Crippen LogP contribution in [0, 0.1) is 0 Å². The van der Waals surface area contributed by atoms with E-state index < -0.39 is 0 Å². The van der Waals surface area contributed by atoms with Crippen molar-refractivity contribution in [2.75, 3.05) is 12.4 Å². The lowest BCUT2D eigenvalue weighted by Crippen LogP contribution is -2.07. The average molecular weight is 272 g/mol. The fraction of sp³-hybridized carbons (Fsp3) is 0.188. The molecule has 98 valence electrons. The minimum Gasteiger partial charge on any atom is -0.461 e. The zero-order valence-electron chi connectivity index (χ0n) is 10.6. The van der Waals surface area contributed by atoms with Crippen molar-refractivity contribution in [1.82, 2.24) is 0 Å². The normalized spacial score (nSPS) is 10.1. The average Bonchev–Trinajstić information content (AvgIpc) is 2.49. The molecular formula is C16H16O2S. The van der Waals surface area contributed by atoms with Crippen LogP contribution in [0.5, 0.6) is 0 Å². The number of carbonyl (C=O) groups is 1. The lowest BCUT2D eigenvalue weighted by Gasteiger charge is -2.05. The second-order valence-electron chi connectivity index (χ2n) is 4.04. The molecule has 0 unspecified atom stereocenters. The Morgan fingerprint density at radius 3 is 2.26 bits per heavy atom. The standard InChI is InChI=1S/C16H16O2S/c17-16(15-9-5-2-6-10-15)18-11-12-19-13-14-7-3-1-4-8-14/h1-10H,11-13H2. The molecule has 2 nitrogen and oxygen atoms in total. The van der Waals surface area contributed by atoms with Crippen LogP contribution in [0.1, 0.15) is 15.9 Å². The Balaban J connectivity index is 1.63. The van der Waals surface area contributed by atoms with Crippen LogP contribution in [0.2, 0.25) is 0 Å². The van der Waals surface area contributed by atoms with E-state index in [4.69, 9.17) is 4.74 Å². The lowest BCUT2D eigenvalue weighted by atomic mass is 10.2. The van der Waals surface area contributed by atoms with Crippen LogP contribution in [0.15, 0.2) is 60.7 Å². The van der Waals surface area contributed by atoms with Crippen molar-refractivity contribution in [3.05, 3.63) is 71.8 Å². The molecule has 2 aromatic rings. The second kappa shape index (κ2) is 7.64. The molecular weight excluding hydrogens is 256 g/mol. The van der Waals surface area contributed by atoms with Gasteiger partial charge >= 0.3 is 5.97 Å². The summed E-state index contributed by atoms with van der Waals surface area (Å²) in [5, 5.41) is 0. The summed E-state index contributed by atoms with van der Waals surface area (Å²) in [6, 6.07) is 19.4. The third kappa shape index (κ3) is 4.79. The number of thioether (sulfide) groups is 1. The van der Waals surface area contributed by atoms with E-state index in [9.17, 15) is 4.79 Å². The summed E-state index contributed by atoms with van der Waals surface area (Å²) in [6.45, 7) is 0.450. The van der Waals surface area contributed by atoms with Gasteiger partial charge in [0.05, 0.1) is 5.56 Å². The highest BCUT2D eigenvalue weighted by atomic mass is 32.2. The molecule has 0 aromatic heterocycles. The monoisotopic (exact) mass is 272 g/mol. The smallest absolute Gasteiger partial charge is 0.338 e. The highest BCUT2D eigenvalue weighted by Crippen LogP contribution is 2.11. The van der Waals surface area contributed by atoms with Gasteiger partial charge in [0.15, 0.2) is 0 Å². The summed E-state index contributed by atoms with van der Waals surface area (Å²) in [5.41, 5.74) is 1.90. The Hall–Kier alpha value is -1.74. The summed E-state index contributed by atoms with van der Waals surface area (Å²) in [4.78, 5) is 11.6. The molecule has 0 spiro atoms. The number of ether oxygens (including phenoxy) is 1. The molecule has 0 saturated carbocycles. The van der Waals surface area contributed by atoms with E-state index in [1.807, 2.05) is 36.4 Å². The van der Waals surface area contributed by atoms with Crippen LogP contribution in [0.3, 0.4) is 0 Å². The van der Waals surface area contributed by atoms with Crippen LogP contribution in [-0.4, -0.2) is 18.3 Å². The first-order chi connectivity index (χ1) is 9.36. The maximum absolute atomic E-state index is 11.6. The molecule has 0 saturated heterocycles. The zero-order valence-corrected chi connectivity index (χ0v) is 11.4. The molecule has 0 amide bonds. The molecule has 0 bridgehead atoms. The molecule has 0 heterocycles. The van der Waals surface area contributed by atoms with Crippen molar-refractivity contribution >= 4 is 17.7 Å². The fourth-order valence-electron chi connectivity index (χ4n) is 1.62. The number of rotatable bonds is 6. The maximum atomic E-state index is 11.6. The molecule has 0 aliphatic heterocycles. The fourth-order valence-corrected chi connectivity index (χ4v) is 2.39. The van der Waals surface area contributed by atoms with Crippen molar-refractivity contribution in [2.24, 2.45) is 0 Å². The van der Waals surface area contributed by atoms with Gasteiger partial charge in [-0.05, 0) is 17.7 Å². The minimum atomic E-state index is -0.249. The molecule has 0 aliphatic carbocycles. The molecule has 19 heavy (non-hydrogen) atoms. The number of carbonyl (C=O) groups excluding carboxylic acids is 1. The van der Waals surface area contributed by atoms with Crippen molar-refractivity contribution < 1.29 is 9.53 Å². The molecule has 0 atom stereocenters. The first-order valence-corrected chi connectivity index (χ1v) is 7.35. The van der Waals surface area contributed by atoms with Crippen LogP contribution in [-0.2, 0) is 10.5 Å². The van der Waals surface area contributed by atoms with Crippen LogP contribution < -0.4 is 0 Å². The van der Waals surface area contributed by atoms with E-state index in [0.29, 0.717) is 12.2 Å². The van der Waals surface area contributed by atoms with Gasteiger partial charge in [-0.1, -0.05) is 48.5 Å². The number of hydrogen-bond acceptors (Lipinski definition) is 3. The Bertz CT molecular complexity index is 497. The Morgan fingerprint density at radius 2 is 1.58 bits per heavy atom. The van der Waals surface area contributed by atoms with Crippen LogP contribution >= 0.6 is 11.8 Å². The Kier molecular flexibility index (Phi) is 5.50. The number of benzene rings is 2. The zero-order chi connectivity index (χ0) is 13.3. The summed E-state index contributed by atoms with van der Waals surface area (Å²) in [5.74, 6) is 1.51.